The number of rotatable bonds is 10. The van der Waals surface area contributed by atoms with Gasteiger partial charge in [0.15, 0.2) is 0 Å². The lowest BCUT2D eigenvalue weighted by atomic mass is 10.1. The number of benzene rings is 2. The third-order valence-corrected chi connectivity index (χ3v) is 5.57. The molecule has 2 amide bonds. The number of nitrogens with one attached hydrogen (secondary N) is 1. The van der Waals surface area contributed by atoms with E-state index in [1.54, 1.807) is 4.90 Å². The predicted octanol–water partition coefficient (Wildman–Crippen LogP) is 5.16. The van der Waals surface area contributed by atoms with Crippen molar-refractivity contribution >= 4 is 35.0 Å². The van der Waals surface area contributed by atoms with Crippen molar-refractivity contribution in [2.24, 2.45) is 0 Å². The Morgan fingerprint density at radius 1 is 1.07 bits per heavy atom. The van der Waals surface area contributed by atoms with E-state index in [-0.39, 0.29) is 18.4 Å². The Labute approximate surface area is 182 Å². The van der Waals surface area contributed by atoms with Gasteiger partial charge in [-0.3, -0.25) is 9.59 Å². The van der Waals surface area contributed by atoms with Gasteiger partial charge in [0.05, 0.1) is 18.1 Å². The van der Waals surface area contributed by atoms with Gasteiger partial charge >= 0.3 is 0 Å². The molecule has 0 unspecified atom stereocenters. The number of carbonyl (C=O) groups is 2. The highest BCUT2D eigenvalue weighted by atomic mass is 32.2. The van der Waals surface area contributed by atoms with Crippen LogP contribution in [-0.2, 0) is 9.59 Å². The van der Waals surface area contributed by atoms with Crippen LogP contribution >= 0.6 is 11.8 Å². The second kappa shape index (κ2) is 11.5. The lowest BCUT2D eigenvalue weighted by Crippen LogP contribution is -2.39. The van der Waals surface area contributed by atoms with Crippen molar-refractivity contribution in [1.29, 1.82) is 0 Å². The molecular weight excluding hydrogens is 396 g/mol. The number of amides is 2. The molecule has 0 radical (unpaired) electrons. The summed E-state index contributed by atoms with van der Waals surface area (Å²) in [5.74, 6) is 0.837. The van der Waals surface area contributed by atoms with E-state index in [2.05, 4.69) is 12.2 Å². The summed E-state index contributed by atoms with van der Waals surface area (Å²) in [4.78, 5) is 26.6. The van der Waals surface area contributed by atoms with Crippen molar-refractivity contribution in [1.82, 2.24) is 4.90 Å². The lowest BCUT2D eigenvalue weighted by molar-refractivity contribution is -0.129. The molecule has 1 aliphatic heterocycles. The SMILES string of the molecule is CCCCCCOc1ccc(NC(=O)CN2C(=O)CSC=C2c2ccccc2)cc1. The molecular formula is C24H28N2O3S. The third kappa shape index (κ3) is 6.39. The van der Waals surface area contributed by atoms with Crippen molar-refractivity contribution in [3.8, 4) is 5.75 Å². The van der Waals surface area contributed by atoms with Crippen LogP contribution in [0.4, 0.5) is 5.69 Å². The molecule has 0 spiro atoms. The molecule has 1 aliphatic rings. The fraction of sp³-hybridized carbons (Fsp3) is 0.333. The van der Waals surface area contributed by atoms with E-state index in [1.165, 1.54) is 31.0 Å². The molecule has 2 aromatic rings. The quantitative estimate of drug-likeness (QED) is 0.535. The van der Waals surface area contributed by atoms with Gasteiger partial charge in [-0.15, -0.1) is 11.8 Å². The Bertz CT molecular complexity index is 866. The zero-order valence-corrected chi connectivity index (χ0v) is 18.1. The summed E-state index contributed by atoms with van der Waals surface area (Å²) in [5, 5.41) is 4.81. The topological polar surface area (TPSA) is 58.6 Å². The maximum atomic E-state index is 12.6. The zero-order valence-electron chi connectivity index (χ0n) is 17.3. The molecule has 0 saturated carbocycles. The fourth-order valence-corrected chi connectivity index (χ4v) is 3.97. The summed E-state index contributed by atoms with van der Waals surface area (Å²) >= 11 is 1.45. The van der Waals surface area contributed by atoms with Gasteiger partial charge in [-0.1, -0.05) is 56.5 Å². The van der Waals surface area contributed by atoms with Crippen LogP contribution in [0.5, 0.6) is 5.75 Å². The molecule has 158 valence electrons. The molecule has 0 atom stereocenters. The zero-order chi connectivity index (χ0) is 21.2. The van der Waals surface area contributed by atoms with E-state index in [9.17, 15) is 9.59 Å². The molecule has 30 heavy (non-hydrogen) atoms. The van der Waals surface area contributed by atoms with Gasteiger partial charge in [-0.05, 0) is 41.7 Å². The number of anilines is 1. The van der Waals surface area contributed by atoms with Gasteiger partial charge in [0.25, 0.3) is 0 Å². The van der Waals surface area contributed by atoms with Crippen molar-refractivity contribution in [2.45, 2.75) is 32.6 Å². The first-order valence-electron chi connectivity index (χ1n) is 10.4. The highest BCUT2D eigenvalue weighted by Gasteiger charge is 2.25. The molecule has 0 aromatic heterocycles. The number of thioether (sulfide) groups is 1. The van der Waals surface area contributed by atoms with Crippen LogP contribution < -0.4 is 10.1 Å². The van der Waals surface area contributed by atoms with Crippen molar-refractivity contribution in [3.63, 3.8) is 0 Å². The summed E-state index contributed by atoms with van der Waals surface area (Å²) in [5.41, 5.74) is 2.37. The minimum Gasteiger partial charge on any atom is -0.494 e. The van der Waals surface area contributed by atoms with Crippen molar-refractivity contribution in [2.75, 3.05) is 24.2 Å². The van der Waals surface area contributed by atoms with E-state index in [0.717, 1.165) is 23.4 Å². The summed E-state index contributed by atoms with van der Waals surface area (Å²) in [6.45, 7) is 2.87. The fourth-order valence-electron chi connectivity index (χ4n) is 3.17. The number of hydrogen-bond acceptors (Lipinski definition) is 4. The highest BCUT2D eigenvalue weighted by Crippen LogP contribution is 2.28. The Kier molecular flexibility index (Phi) is 8.39. The Morgan fingerprint density at radius 2 is 1.83 bits per heavy atom. The predicted molar refractivity (Wildman–Crippen MR) is 123 cm³/mol. The second-order valence-corrected chi connectivity index (χ2v) is 8.00. The average Bonchev–Trinajstić information content (AvgIpc) is 2.77. The Hall–Kier alpha value is -2.73. The maximum absolute atomic E-state index is 12.6. The Balaban J connectivity index is 1.54. The van der Waals surface area contributed by atoms with Crippen molar-refractivity contribution in [3.05, 3.63) is 65.6 Å². The smallest absolute Gasteiger partial charge is 0.244 e. The van der Waals surface area contributed by atoms with Gasteiger partial charge in [0.1, 0.15) is 12.3 Å². The van der Waals surface area contributed by atoms with Crippen molar-refractivity contribution < 1.29 is 14.3 Å². The molecule has 0 bridgehead atoms. The number of carbonyl (C=O) groups excluding carboxylic acids is 2. The summed E-state index contributed by atoms with van der Waals surface area (Å²) in [6.07, 6.45) is 4.66. The van der Waals surface area contributed by atoms with Gasteiger partial charge in [0, 0.05) is 5.69 Å². The highest BCUT2D eigenvalue weighted by molar-refractivity contribution is 8.03. The molecule has 5 nitrogen and oxygen atoms in total. The Morgan fingerprint density at radius 3 is 2.57 bits per heavy atom. The molecule has 1 heterocycles. The first kappa shape index (κ1) is 22.0. The molecule has 6 heteroatoms. The van der Waals surface area contributed by atoms with Gasteiger partial charge in [0.2, 0.25) is 11.8 Å². The summed E-state index contributed by atoms with van der Waals surface area (Å²) in [7, 11) is 0. The number of hydrogen-bond donors (Lipinski definition) is 1. The van der Waals surface area contributed by atoms with Crippen LogP contribution in [0, 0.1) is 0 Å². The van der Waals surface area contributed by atoms with E-state index >= 15 is 0 Å². The van der Waals surface area contributed by atoms with Gasteiger partial charge in [-0.2, -0.15) is 0 Å². The van der Waals surface area contributed by atoms with Gasteiger partial charge < -0.3 is 15.0 Å². The lowest BCUT2D eigenvalue weighted by Gasteiger charge is -2.28. The molecule has 2 aromatic carbocycles. The van der Waals surface area contributed by atoms with E-state index in [4.69, 9.17) is 4.74 Å². The van der Waals surface area contributed by atoms with Crippen LogP contribution in [0.15, 0.2) is 60.0 Å². The number of nitrogens with zero attached hydrogens (tertiary/aromatic N) is 1. The van der Waals surface area contributed by atoms with E-state index in [1.807, 2.05) is 60.0 Å². The molecule has 1 N–H and O–H groups in total. The van der Waals surface area contributed by atoms with E-state index in [0.29, 0.717) is 18.0 Å². The van der Waals surface area contributed by atoms with Crippen LogP contribution in [0.2, 0.25) is 0 Å². The third-order valence-electron chi connectivity index (χ3n) is 4.77. The average molecular weight is 425 g/mol. The standard InChI is InChI=1S/C24H28N2O3S/c1-2-3-4-8-15-29-21-13-11-20(12-14-21)25-23(27)16-26-22(17-30-18-24(26)28)19-9-6-5-7-10-19/h5-7,9-14,17H,2-4,8,15-16,18H2,1H3,(H,25,27). The van der Waals surface area contributed by atoms with Gasteiger partial charge in [-0.25, -0.2) is 0 Å². The molecule has 0 aliphatic carbocycles. The minimum atomic E-state index is -0.231. The van der Waals surface area contributed by atoms with Crippen LogP contribution in [0.25, 0.3) is 5.70 Å². The number of ether oxygens (including phenoxy) is 1. The number of unbranched alkanes of at least 4 members (excludes halogenated alkanes) is 3. The monoisotopic (exact) mass is 424 g/mol. The second-order valence-electron chi connectivity index (χ2n) is 7.14. The maximum Gasteiger partial charge on any atom is 0.244 e. The molecule has 3 rings (SSSR count). The normalized spacial score (nSPS) is 13.7. The summed E-state index contributed by atoms with van der Waals surface area (Å²) in [6, 6.07) is 17.0. The first-order chi connectivity index (χ1) is 14.7. The molecule has 0 fully saturated rings. The minimum absolute atomic E-state index is 0.0181. The molecule has 0 saturated heterocycles. The van der Waals surface area contributed by atoms with Crippen LogP contribution in [0.3, 0.4) is 0 Å². The van der Waals surface area contributed by atoms with Crippen LogP contribution in [-0.4, -0.2) is 35.6 Å². The van der Waals surface area contributed by atoms with E-state index < -0.39 is 0 Å². The summed E-state index contributed by atoms with van der Waals surface area (Å²) < 4.78 is 5.74. The largest absolute Gasteiger partial charge is 0.494 e. The van der Waals surface area contributed by atoms with Crippen LogP contribution in [0.1, 0.15) is 38.2 Å². The first-order valence-corrected chi connectivity index (χ1v) is 11.4.